The fourth-order valence-electron chi connectivity index (χ4n) is 3.33. The van der Waals surface area contributed by atoms with Gasteiger partial charge in [0.25, 0.3) is 5.91 Å². The van der Waals surface area contributed by atoms with Crippen LogP contribution in [-0.2, 0) is 20.8 Å². The van der Waals surface area contributed by atoms with E-state index in [-0.39, 0.29) is 45.4 Å². The molecule has 0 N–H and O–H groups in total. The summed E-state index contributed by atoms with van der Waals surface area (Å²) in [5.41, 5.74) is 2.43. The lowest BCUT2D eigenvalue weighted by Crippen LogP contribution is -2.36. The van der Waals surface area contributed by atoms with Gasteiger partial charge in [0.15, 0.2) is 11.5 Å². The number of hydrogen-bond donors (Lipinski definition) is 0. The molecule has 1 amide bonds. The molecule has 8 nitrogen and oxygen atoms in total. The maximum atomic E-state index is 12.3. The Morgan fingerprint density at radius 3 is 2.41 bits per heavy atom. The van der Waals surface area contributed by atoms with Crippen molar-refractivity contribution >= 4 is 58.0 Å². The Balaban J connectivity index is 1.58. The zero-order valence-electron chi connectivity index (χ0n) is 17.8. The smallest absolute Gasteiger partial charge is 0.255 e. The number of aryl methyl sites for hydroxylation is 1. The topological polar surface area (TPSA) is 112 Å². The van der Waals surface area contributed by atoms with Gasteiger partial charge in [0.2, 0.25) is 17.4 Å². The van der Waals surface area contributed by atoms with Crippen LogP contribution in [-0.4, -0.2) is 35.6 Å². The summed E-state index contributed by atoms with van der Waals surface area (Å²) in [4.78, 5) is 40.4. The predicted molar refractivity (Wildman–Crippen MR) is 128 cm³/mol. The first-order valence-corrected chi connectivity index (χ1v) is 10.9. The third kappa shape index (κ3) is 4.91. The number of nitrogens with zero attached hydrogens (tertiary/aromatic N) is 4. The fraction of sp³-hybridized carbons (Fsp3) is 0.167. The Morgan fingerprint density at radius 1 is 1.09 bits per heavy atom. The highest BCUT2D eigenvalue weighted by Gasteiger charge is 2.29. The number of Topliss-reactive ketones (excluding diaryl/α,β-unsaturated/α-hetero) is 2. The molecule has 0 aromatic heterocycles. The first-order chi connectivity index (χ1) is 16.2. The van der Waals surface area contributed by atoms with Gasteiger partial charge in [0.1, 0.15) is 12.6 Å². The second kappa shape index (κ2) is 9.59. The molecule has 10 heteroatoms. The van der Waals surface area contributed by atoms with Crippen molar-refractivity contribution in [3.63, 3.8) is 0 Å². The minimum Gasteiger partial charge on any atom is -0.436 e. The maximum Gasteiger partial charge on any atom is 0.255 e. The summed E-state index contributed by atoms with van der Waals surface area (Å²) in [6.45, 7) is 1.92. The average Bonchev–Trinajstić information content (AvgIpc) is 2.80. The van der Waals surface area contributed by atoms with Crippen molar-refractivity contribution in [3.05, 3.63) is 69.2 Å². The molecule has 170 valence electrons. The van der Waals surface area contributed by atoms with Crippen LogP contribution in [0.25, 0.3) is 0 Å². The molecule has 0 fully saturated rings. The van der Waals surface area contributed by atoms with Crippen molar-refractivity contribution in [2.45, 2.75) is 19.8 Å². The normalized spacial score (nSPS) is 16.0. The van der Waals surface area contributed by atoms with Crippen molar-refractivity contribution in [3.8, 4) is 11.8 Å². The third-order valence-electron chi connectivity index (χ3n) is 5.10. The number of rotatable bonds is 4. The van der Waals surface area contributed by atoms with Crippen molar-refractivity contribution in [2.24, 2.45) is 10.1 Å². The maximum absolute atomic E-state index is 12.3. The van der Waals surface area contributed by atoms with Crippen LogP contribution in [0.2, 0.25) is 10.0 Å². The van der Waals surface area contributed by atoms with Gasteiger partial charge in [-0.3, -0.25) is 14.4 Å². The second-order valence-corrected chi connectivity index (χ2v) is 8.43. The van der Waals surface area contributed by atoms with E-state index in [2.05, 4.69) is 10.1 Å². The van der Waals surface area contributed by atoms with Crippen LogP contribution < -0.4 is 9.75 Å². The van der Waals surface area contributed by atoms with Crippen molar-refractivity contribution in [1.29, 1.82) is 5.26 Å². The zero-order valence-corrected chi connectivity index (χ0v) is 19.4. The minimum absolute atomic E-state index is 0.0500. The molecule has 0 aliphatic carbocycles. The van der Waals surface area contributed by atoms with Gasteiger partial charge in [-0.05, 0) is 24.6 Å². The summed E-state index contributed by atoms with van der Waals surface area (Å²) in [5.74, 6) is -1.13. The number of hydrazone groups is 1. The van der Waals surface area contributed by atoms with Gasteiger partial charge < -0.3 is 4.74 Å². The molecule has 0 atom stereocenters. The Morgan fingerprint density at radius 2 is 1.76 bits per heavy atom. The largest absolute Gasteiger partial charge is 0.436 e. The van der Waals surface area contributed by atoms with Gasteiger partial charge >= 0.3 is 0 Å². The number of carbonyl (C=O) groups excluding carboxylic acids is 3. The average molecular weight is 495 g/mol. The van der Waals surface area contributed by atoms with Crippen molar-refractivity contribution in [2.75, 3.05) is 11.6 Å². The van der Waals surface area contributed by atoms with Crippen LogP contribution in [0.15, 0.2) is 58.1 Å². The number of hydrogen-bond acceptors (Lipinski definition) is 7. The number of nitriles is 1. The second-order valence-electron chi connectivity index (χ2n) is 7.62. The first-order valence-electron chi connectivity index (χ1n) is 10.1. The molecule has 2 aromatic rings. The zero-order chi connectivity index (χ0) is 24.4. The highest BCUT2D eigenvalue weighted by atomic mass is 35.5. The Kier molecular flexibility index (Phi) is 6.59. The summed E-state index contributed by atoms with van der Waals surface area (Å²) in [6.07, 6.45) is 1.49. The summed E-state index contributed by atoms with van der Waals surface area (Å²) in [5, 5.41) is 13.8. The monoisotopic (exact) mass is 494 g/mol. The van der Waals surface area contributed by atoms with E-state index in [0.29, 0.717) is 12.0 Å². The number of dihydropyridines is 1. The highest BCUT2D eigenvalue weighted by Crippen LogP contribution is 2.38. The molecule has 34 heavy (non-hydrogen) atoms. The van der Waals surface area contributed by atoms with Gasteiger partial charge in [0, 0.05) is 18.1 Å². The predicted octanol–water partition coefficient (Wildman–Crippen LogP) is 4.02. The lowest BCUT2D eigenvalue weighted by atomic mass is 9.99. The lowest BCUT2D eigenvalue weighted by molar-refractivity contribution is -0.124. The number of ketones is 2. The summed E-state index contributed by atoms with van der Waals surface area (Å²) >= 11 is 12.7. The first kappa shape index (κ1) is 23.4. The number of anilines is 1. The lowest BCUT2D eigenvalue weighted by Gasteiger charge is -2.22. The molecule has 2 aliphatic heterocycles. The number of halogens is 2. The molecule has 0 saturated carbocycles. The molecular weight excluding hydrogens is 479 g/mol. The fourth-order valence-corrected chi connectivity index (χ4v) is 3.88. The van der Waals surface area contributed by atoms with Crippen LogP contribution in [0, 0.1) is 18.3 Å². The van der Waals surface area contributed by atoms with Gasteiger partial charge in [-0.2, -0.15) is 15.4 Å². The molecule has 0 bridgehead atoms. The molecule has 0 radical (unpaired) electrons. The van der Waals surface area contributed by atoms with Crippen molar-refractivity contribution in [1.82, 2.24) is 0 Å². The molecule has 0 spiro atoms. The van der Waals surface area contributed by atoms with E-state index in [9.17, 15) is 14.4 Å². The Bertz CT molecular complexity index is 1330. The summed E-state index contributed by atoms with van der Waals surface area (Å²) < 4.78 is 5.79. The molecule has 0 unspecified atom stereocenters. The quantitative estimate of drug-likeness (QED) is 0.595. The van der Waals surface area contributed by atoms with Gasteiger partial charge in [-0.1, -0.05) is 53.0 Å². The molecule has 2 aliphatic rings. The van der Waals surface area contributed by atoms with E-state index >= 15 is 0 Å². The highest BCUT2D eigenvalue weighted by molar-refractivity contribution is 6.50. The molecule has 2 aromatic carbocycles. The van der Waals surface area contributed by atoms with Gasteiger partial charge in [-0.15, -0.1) is 0 Å². The van der Waals surface area contributed by atoms with E-state index in [1.165, 1.54) is 12.1 Å². The van der Waals surface area contributed by atoms with E-state index < -0.39 is 18.1 Å². The number of amides is 1. The summed E-state index contributed by atoms with van der Waals surface area (Å²) in [7, 11) is 0. The standard InChI is InChI=1S/C24H16Cl2N4O4/c1-13-2-4-14(5-3-13)6-15-7-22(28-12-21(15)32)34-24-17(25)8-16(9-18(24)26)30-23(33)10-20(31)19(11-27)29-30/h2-5,7-9H,6,10,12H2,1H3. The third-order valence-corrected chi connectivity index (χ3v) is 5.66. The van der Waals surface area contributed by atoms with Crippen molar-refractivity contribution < 1.29 is 19.1 Å². The van der Waals surface area contributed by atoms with E-state index in [1.807, 2.05) is 31.2 Å². The number of aliphatic imine (C=N–C) groups is 1. The van der Waals surface area contributed by atoms with E-state index in [4.69, 9.17) is 33.2 Å². The van der Waals surface area contributed by atoms with Crippen LogP contribution in [0.4, 0.5) is 5.69 Å². The number of carbonyl (C=O) groups is 3. The van der Waals surface area contributed by atoms with Gasteiger partial charge in [0.05, 0.1) is 22.2 Å². The molecular formula is C24H16Cl2N4O4. The van der Waals surface area contributed by atoms with Crippen LogP contribution in [0.3, 0.4) is 0 Å². The van der Waals surface area contributed by atoms with Crippen LogP contribution >= 0.6 is 23.2 Å². The van der Waals surface area contributed by atoms with E-state index in [0.717, 1.165) is 16.1 Å². The van der Waals surface area contributed by atoms with E-state index in [1.54, 1.807) is 12.1 Å². The Hall–Kier alpha value is -3.80. The van der Waals surface area contributed by atoms with Crippen LogP contribution in [0.5, 0.6) is 5.75 Å². The molecule has 4 rings (SSSR count). The Labute approximate surface area is 204 Å². The van der Waals surface area contributed by atoms with Gasteiger partial charge in [-0.25, -0.2) is 4.99 Å². The SMILES string of the molecule is Cc1ccc(CC2=CC(Oc3c(Cl)cc(N4N=C(C#N)C(=O)CC4=O)cc3Cl)=NCC2=O)cc1. The number of benzene rings is 2. The minimum atomic E-state index is -0.654. The van der Waals surface area contributed by atoms with Crippen LogP contribution in [0.1, 0.15) is 17.5 Å². The summed E-state index contributed by atoms with van der Waals surface area (Å²) in [6, 6.07) is 12.3. The molecule has 0 saturated heterocycles. The molecule has 2 heterocycles. The number of ether oxygens (including phenoxy) is 1.